The second kappa shape index (κ2) is 6.54. The minimum absolute atomic E-state index is 0.143. The molecule has 0 aliphatic carbocycles. The van der Waals surface area contributed by atoms with Crippen LogP contribution in [0, 0.1) is 6.92 Å². The van der Waals surface area contributed by atoms with E-state index in [1.165, 1.54) is 13.0 Å². The molecule has 0 aliphatic rings. The van der Waals surface area contributed by atoms with Crippen LogP contribution in [0.25, 0.3) is 0 Å². The summed E-state index contributed by atoms with van der Waals surface area (Å²) in [5.74, 6) is -1.99. The molecule has 0 saturated heterocycles. The number of benzene rings is 1. The van der Waals surface area contributed by atoms with Gasteiger partial charge in [0.15, 0.2) is 0 Å². The molecule has 0 saturated carbocycles. The van der Waals surface area contributed by atoms with Gasteiger partial charge in [0, 0.05) is 4.47 Å². The molecule has 0 amide bonds. The summed E-state index contributed by atoms with van der Waals surface area (Å²) < 4.78 is 31.2. The number of nitrogens with one attached hydrogen (secondary N) is 1. The summed E-state index contributed by atoms with van der Waals surface area (Å²) in [7, 11) is -2.92. The van der Waals surface area contributed by atoms with E-state index in [2.05, 4.69) is 25.4 Å². The third-order valence-electron chi connectivity index (χ3n) is 2.75. The van der Waals surface area contributed by atoms with Gasteiger partial charge in [-0.2, -0.15) is 4.72 Å². The van der Waals surface area contributed by atoms with Crippen LogP contribution in [0.2, 0.25) is 0 Å². The van der Waals surface area contributed by atoms with Crippen LogP contribution >= 0.6 is 15.9 Å². The van der Waals surface area contributed by atoms with Crippen LogP contribution < -0.4 is 4.72 Å². The number of ether oxygens (including phenoxy) is 1. The molecule has 9 heteroatoms. The van der Waals surface area contributed by atoms with E-state index in [1.807, 2.05) is 0 Å². The molecule has 1 aromatic carbocycles. The molecule has 0 aliphatic heterocycles. The monoisotopic (exact) mass is 379 g/mol. The summed E-state index contributed by atoms with van der Waals surface area (Å²) in [6, 6.07) is 1.22. The smallest absolute Gasteiger partial charge is 0.336 e. The lowest BCUT2D eigenvalue weighted by Gasteiger charge is -2.13. The number of sulfonamides is 1. The van der Waals surface area contributed by atoms with Crippen molar-refractivity contribution in [1.29, 1.82) is 0 Å². The van der Waals surface area contributed by atoms with E-state index >= 15 is 0 Å². The van der Waals surface area contributed by atoms with Gasteiger partial charge in [0.25, 0.3) is 0 Å². The Labute approximate surface area is 130 Å². The molecular formula is C12H14BrNO6S. The first-order chi connectivity index (χ1) is 9.60. The molecule has 116 valence electrons. The maximum absolute atomic E-state index is 12.2. The Hall–Kier alpha value is -1.45. The van der Waals surface area contributed by atoms with Gasteiger partial charge in [0.1, 0.15) is 6.04 Å². The molecule has 0 unspecified atom stereocenters. The highest BCUT2D eigenvalue weighted by Crippen LogP contribution is 2.25. The Bertz CT molecular complexity index is 685. The topological polar surface area (TPSA) is 110 Å². The number of hydrogen-bond acceptors (Lipinski definition) is 5. The van der Waals surface area contributed by atoms with E-state index in [0.717, 1.165) is 13.2 Å². The predicted molar refractivity (Wildman–Crippen MR) is 77.6 cm³/mol. The maximum atomic E-state index is 12.2. The number of carboxylic acids is 1. The number of carbonyl (C=O) groups excluding carboxylic acids is 1. The summed E-state index contributed by atoms with van der Waals surface area (Å²) in [4.78, 5) is 22.1. The largest absolute Gasteiger partial charge is 0.478 e. The Kier molecular flexibility index (Phi) is 5.48. The average Bonchev–Trinajstić information content (AvgIpc) is 2.39. The summed E-state index contributed by atoms with van der Waals surface area (Å²) in [6.07, 6.45) is 0. The fourth-order valence-electron chi connectivity index (χ4n) is 1.56. The van der Waals surface area contributed by atoms with E-state index < -0.39 is 28.0 Å². The zero-order valence-electron chi connectivity index (χ0n) is 11.5. The molecule has 21 heavy (non-hydrogen) atoms. The lowest BCUT2D eigenvalue weighted by Crippen LogP contribution is -2.39. The van der Waals surface area contributed by atoms with Gasteiger partial charge in [-0.15, -0.1) is 0 Å². The Morgan fingerprint density at radius 1 is 1.38 bits per heavy atom. The van der Waals surface area contributed by atoms with Gasteiger partial charge in [-0.05, 0) is 31.5 Å². The second-order valence-corrected chi connectivity index (χ2v) is 6.82. The summed E-state index contributed by atoms with van der Waals surface area (Å²) in [5, 5.41) is 9.08. The maximum Gasteiger partial charge on any atom is 0.336 e. The van der Waals surface area contributed by atoms with Crippen molar-refractivity contribution in [3.63, 3.8) is 0 Å². The average molecular weight is 380 g/mol. The molecule has 0 fully saturated rings. The molecule has 1 aromatic rings. The Morgan fingerprint density at radius 3 is 2.43 bits per heavy atom. The van der Waals surface area contributed by atoms with E-state index in [1.54, 1.807) is 6.92 Å². The van der Waals surface area contributed by atoms with Crippen molar-refractivity contribution < 1.29 is 27.9 Å². The van der Waals surface area contributed by atoms with Crippen LogP contribution in [0.1, 0.15) is 22.8 Å². The number of hydrogen-bond donors (Lipinski definition) is 2. The Morgan fingerprint density at radius 2 is 1.95 bits per heavy atom. The van der Waals surface area contributed by atoms with Crippen LogP contribution in [0.4, 0.5) is 0 Å². The number of halogens is 1. The first kappa shape index (κ1) is 17.6. The number of carboxylic acid groups (broad SMARTS) is 1. The standard InChI is InChI=1S/C12H14BrNO6S/c1-6-9(11(15)16)4-8(5-10(6)13)21(18,19)14-7(2)12(17)20-3/h4-5,7,14H,1-3H3,(H,15,16)/t7-/m0/s1. The lowest BCUT2D eigenvalue weighted by atomic mass is 10.1. The molecule has 1 atom stereocenters. The van der Waals surface area contributed by atoms with Gasteiger partial charge < -0.3 is 9.84 Å². The van der Waals surface area contributed by atoms with Crippen molar-refractivity contribution in [3.8, 4) is 0 Å². The van der Waals surface area contributed by atoms with Gasteiger partial charge in [0.05, 0.1) is 17.6 Å². The molecule has 0 bridgehead atoms. The zero-order valence-corrected chi connectivity index (χ0v) is 13.9. The second-order valence-electron chi connectivity index (χ2n) is 4.25. The molecule has 0 spiro atoms. The SMILES string of the molecule is COC(=O)[C@H](C)NS(=O)(=O)c1cc(Br)c(C)c(C(=O)O)c1. The van der Waals surface area contributed by atoms with Crippen molar-refractivity contribution in [2.24, 2.45) is 0 Å². The molecule has 0 heterocycles. The molecule has 7 nitrogen and oxygen atoms in total. The van der Waals surface area contributed by atoms with Crippen molar-refractivity contribution in [3.05, 3.63) is 27.7 Å². The fraction of sp³-hybridized carbons (Fsp3) is 0.333. The molecule has 1 rings (SSSR count). The van der Waals surface area contributed by atoms with Crippen molar-refractivity contribution in [1.82, 2.24) is 4.72 Å². The van der Waals surface area contributed by atoms with Gasteiger partial charge in [-0.3, -0.25) is 4.79 Å². The lowest BCUT2D eigenvalue weighted by molar-refractivity contribution is -0.142. The highest BCUT2D eigenvalue weighted by molar-refractivity contribution is 9.10. The predicted octanol–water partition coefficient (Wildman–Crippen LogP) is 1.30. The van der Waals surface area contributed by atoms with E-state index in [0.29, 0.717) is 10.0 Å². The number of rotatable bonds is 5. The van der Waals surface area contributed by atoms with Crippen molar-refractivity contribution in [2.75, 3.05) is 7.11 Å². The minimum atomic E-state index is -4.05. The van der Waals surface area contributed by atoms with Crippen LogP contribution in [0.5, 0.6) is 0 Å². The highest BCUT2D eigenvalue weighted by Gasteiger charge is 2.24. The zero-order chi connectivity index (χ0) is 16.4. The minimum Gasteiger partial charge on any atom is -0.478 e. The number of carbonyl (C=O) groups is 2. The van der Waals surface area contributed by atoms with Gasteiger partial charge in [-0.1, -0.05) is 15.9 Å². The van der Waals surface area contributed by atoms with Gasteiger partial charge in [0.2, 0.25) is 10.0 Å². The Balaban J connectivity index is 3.27. The van der Waals surface area contributed by atoms with Crippen LogP contribution in [-0.4, -0.2) is 38.6 Å². The summed E-state index contributed by atoms with van der Waals surface area (Å²) >= 11 is 3.12. The fourth-order valence-corrected chi connectivity index (χ4v) is 3.41. The normalized spacial score (nSPS) is 12.8. The number of methoxy groups -OCH3 is 1. The van der Waals surface area contributed by atoms with Gasteiger partial charge in [-0.25, -0.2) is 13.2 Å². The third kappa shape index (κ3) is 4.02. The van der Waals surface area contributed by atoms with E-state index in [9.17, 15) is 18.0 Å². The molecule has 0 aromatic heterocycles. The first-order valence-electron chi connectivity index (χ1n) is 5.73. The summed E-state index contributed by atoms with van der Waals surface area (Å²) in [6.45, 7) is 2.87. The van der Waals surface area contributed by atoms with Gasteiger partial charge >= 0.3 is 11.9 Å². The van der Waals surface area contributed by atoms with E-state index in [4.69, 9.17) is 5.11 Å². The van der Waals surface area contributed by atoms with Crippen LogP contribution in [-0.2, 0) is 19.6 Å². The first-order valence-corrected chi connectivity index (χ1v) is 8.01. The molecule has 2 N–H and O–H groups in total. The highest BCUT2D eigenvalue weighted by atomic mass is 79.9. The number of aromatic carboxylic acids is 1. The number of esters is 1. The van der Waals surface area contributed by atoms with Crippen LogP contribution in [0.15, 0.2) is 21.5 Å². The van der Waals surface area contributed by atoms with Crippen molar-refractivity contribution >= 4 is 37.9 Å². The van der Waals surface area contributed by atoms with E-state index in [-0.39, 0.29) is 10.5 Å². The molecule has 0 radical (unpaired) electrons. The molecular weight excluding hydrogens is 366 g/mol. The quantitative estimate of drug-likeness (QED) is 0.746. The third-order valence-corrected chi connectivity index (χ3v) is 5.09. The van der Waals surface area contributed by atoms with Crippen molar-refractivity contribution in [2.45, 2.75) is 24.8 Å². The van der Waals surface area contributed by atoms with Crippen LogP contribution in [0.3, 0.4) is 0 Å². The summed E-state index contributed by atoms with van der Waals surface area (Å²) in [5.41, 5.74) is 0.262.